The van der Waals surface area contributed by atoms with Crippen LogP contribution in [-0.4, -0.2) is 95.5 Å². The van der Waals surface area contributed by atoms with Gasteiger partial charge in [0.2, 0.25) is 0 Å². The molecule has 2 saturated heterocycles. The van der Waals surface area contributed by atoms with Gasteiger partial charge in [-0.25, -0.2) is 26.4 Å². The number of aromatic nitrogens is 2. The van der Waals surface area contributed by atoms with Gasteiger partial charge in [0.25, 0.3) is 0 Å². The van der Waals surface area contributed by atoms with Crippen LogP contribution >= 0.6 is 0 Å². The molecule has 2 aliphatic heterocycles. The zero-order valence-corrected chi connectivity index (χ0v) is 29.9. The number of nitrogens with zero attached hydrogens (tertiary/aromatic N) is 2. The summed E-state index contributed by atoms with van der Waals surface area (Å²) in [6.07, 6.45) is 13.0. The molecule has 0 radical (unpaired) electrons. The highest BCUT2D eigenvalue weighted by Gasteiger charge is 2.27. The first-order chi connectivity index (χ1) is 24.4. The van der Waals surface area contributed by atoms with E-state index in [9.17, 15) is 35.5 Å². The van der Waals surface area contributed by atoms with Crippen molar-refractivity contribution in [2.75, 3.05) is 27.2 Å². The number of nitrogens with one attached hydrogen (secondary N) is 2. The predicted octanol–water partition coefficient (Wildman–Crippen LogP) is 0.851. The van der Waals surface area contributed by atoms with E-state index in [0.717, 1.165) is 24.3 Å². The highest BCUT2D eigenvalue weighted by molar-refractivity contribution is 7.86. The number of phenols is 2. The second-order valence-electron chi connectivity index (χ2n) is 12.0. The Hall–Kier alpha value is -4.98. The van der Waals surface area contributed by atoms with E-state index in [2.05, 4.69) is 36.2 Å². The van der Waals surface area contributed by atoms with Gasteiger partial charge in [0.15, 0.2) is 0 Å². The molecular formula is C34H40N4O12S2. The molecule has 0 aliphatic carbocycles. The third-order valence-electron chi connectivity index (χ3n) is 8.47. The molecule has 280 valence electrons. The lowest BCUT2D eigenvalue weighted by Crippen LogP contribution is -3.07. The molecule has 2 aliphatic rings. The Morgan fingerprint density at radius 2 is 1.04 bits per heavy atom. The minimum Gasteiger partial charge on any atom is -0.744 e. The Morgan fingerprint density at radius 1 is 0.673 bits per heavy atom. The topological polar surface area (TPSA) is 264 Å². The van der Waals surface area contributed by atoms with E-state index in [-0.39, 0.29) is 0 Å². The molecule has 2 fully saturated rings. The zero-order valence-electron chi connectivity index (χ0n) is 28.2. The number of aromatic carboxylic acids is 2. The summed E-state index contributed by atoms with van der Waals surface area (Å²) in [5.41, 5.74) is 1.55. The molecule has 4 aromatic rings. The molecule has 0 saturated carbocycles. The summed E-state index contributed by atoms with van der Waals surface area (Å²) in [6.45, 7) is 2.61. The summed E-state index contributed by atoms with van der Waals surface area (Å²) in [7, 11) is -4.86. The van der Waals surface area contributed by atoms with Crippen LogP contribution in [0.25, 0.3) is 0 Å². The normalized spacial score (nSPS) is 19.5. The summed E-state index contributed by atoms with van der Waals surface area (Å²) in [5.74, 6) is -4.20. The highest BCUT2D eigenvalue weighted by atomic mass is 32.2. The van der Waals surface area contributed by atoms with Crippen molar-refractivity contribution in [3.8, 4) is 11.5 Å². The van der Waals surface area contributed by atoms with Gasteiger partial charge in [0.05, 0.1) is 37.0 Å². The molecule has 16 nitrogen and oxygen atoms in total. The molecule has 2 aromatic heterocycles. The first-order valence-corrected chi connectivity index (χ1v) is 18.7. The number of pyridine rings is 2. The van der Waals surface area contributed by atoms with Gasteiger partial charge in [-0.05, 0) is 48.5 Å². The fourth-order valence-electron chi connectivity index (χ4n) is 5.76. The van der Waals surface area contributed by atoms with Gasteiger partial charge in [-0.15, -0.1) is 0 Å². The number of hydrogen-bond acceptors (Lipinski definition) is 12. The first-order valence-electron chi connectivity index (χ1n) is 15.9. The SMILES string of the molecule is C[NH+]1CCC[C@H]1c1cccnc1.C[NH+]1CCC[C@H]1c1cccnc1.O=C(O)c1cc(S(=O)(=O)[O-])ccc1O.O=C(O)c1cc(S(=O)(=O)[O-])ccc1O. The number of carbonyl (C=O) groups is 2. The molecular weight excluding hydrogens is 721 g/mol. The maximum Gasteiger partial charge on any atom is 0.339 e. The quantitative estimate of drug-likeness (QED) is 0.149. The van der Waals surface area contributed by atoms with Crippen LogP contribution in [0.3, 0.4) is 0 Å². The number of aromatic hydroxyl groups is 2. The van der Waals surface area contributed by atoms with Crippen LogP contribution in [0.5, 0.6) is 11.5 Å². The molecule has 4 atom stereocenters. The van der Waals surface area contributed by atoms with Crippen molar-refractivity contribution in [2.24, 2.45) is 0 Å². The number of hydrogen-bond donors (Lipinski definition) is 6. The van der Waals surface area contributed by atoms with Gasteiger partial charge >= 0.3 is 11.9 Å². The van der Waals surface area contributed by atoms with E-state index in [1.165, 1.54) is 49.9 Å². The van der Waals surface area contributed by atoms with Gasteiger partial charge in [0.1, 0.15) is 54.9 Å². The summed E-state index contributed by atoms with van der Waals surface area (Å²) >= 11 is 0. The molecule has 0 bridgehead atoms. The average molecular weight is 761 g/mol. The fraction of sp³-hybridized carbons (Fsp3) is 0.294. The smallest absolute Gasteiger partial charge is 0.339 e. The number of carboxylic acid groups (broad SMARTS) is 2. The van der Waals surface area contributed by atoms with E-state index in [4.69, 9.17) is 20.4 Å². The molecule has 0 amide bonds. The van der Waals surface area contributed by atoms with Crippen LogP contribution in [-0.2, 0) is 20.2 Å². The van der Waals surface area contributed by atoms with Crippen LogP contribution in [0.15, 0.2) is 95.2 Å². The van der Waals surface area contributed by atoms with E-state index in [1.807, 2.05) is 36.9 Å². The Balaban J connectivity index is 0.000000187. The van der Waals surface area contributed by atoms with E-state index < -0.39 is 64.6 Å². The summed E-state index contributed by atoms with van der Waals surface area (Å²) in [4.78, 5) is 31.1. The molecule has 6 N–H and O–H groups in total. The third kappa shape index (κ3) is 12.1. The second-order valence-corrected chi connectivity index (χ2v) is 14.8. The molecule has 0 spiro atoms. The van der Waals surface area contributed by atoms with E-state index in [0.29, 0.717) is 24.2 Å². The van der Waals surface area contributed by atoms with Crippen molar-refractivity contribution >= 4 is 32.2 Å². The van der Waals surface area contributed by atoms with Gasteiger partial charge in [-0.3, -0.25) is 9.97 Å². The zero-order chi connectivity index (χ0) is 38.6. The van der Waals surface area contributed by atoms with Crippen molar-refractivity contribution in [3.63, 3.8) is 0 Å². The number of carboxylic acids is 2. The number of likely N-dealkylation sites (tertiary alicyclic amines) is 2. The monoisotopic (exact) mass is 760 g/mol. The van der Waals surface area contributed by atoms with Gasteiger partial charge in [-0.1, -0.05) is 12.1 Å². The van der Waals surface area contributed by atoms with Crippen molar-refractivity contribution in [2.45, 2.75) is 47.6 Å². The maximum absolute atomic E-state index is 10.5. The minimum absolute atomic E-state index is 0.593. The van der Waals surface area contributed by atoms with Gasteiger partial charge < -0.3 is 39.3 Å². The Morgan fingerprint density at radius 3 is 1.29 bits per heavy atom. The molecule has 6 rings (SSSR count). The van der Waals surface area contributed by atoms with Crippen LogP contribution in [0, 0.1) is 0 Å². The standard InChI is InChI=1S/2C10H14N2.2C7H6O6S/c2*1-12-7-3-5-10(12)9-4-2-6-11-8-9;2*8-6-2-1-4(14(11,12)13)3-5(6)7(9)10/h2*2,4,6,8,10H,3,5,7H2,1H3;2*1-3,8H,(H,9,10)(H,11,12,13)/t2*10-;;/m00../s1. The first kappa shape index (κ1) is 41.4. The Labute approximate surface area is 301 Å². The number of rotatable bonds is 6. The lowest BCUT2D eigenvalue weighted by Gasteiger charge is -2.15. The largest absolute Gasteiger partial charge is 0.744 e. The van der Waals surface area contributed by atoms with Gasteiger partial charge in [0, 0.05) is 61.6 Å². The third-order valence-corrected chi connectivity index (χ3v) is 10.1. The molecule has 4 heterocycles. The average Bonchev–Trinajstić information content (AvgIpc) is 3.73. The van der Waals surface area contributed by atoms with Crippen LogP contribution in [0.2, 0.25) is 0 Å². The minimum atomic E-state index is -4.70. The van der Waals surface area contributed by atoms with Crippen molar-refractivity contribution in [3.05, 3.63) is 108 Å². The van der Waals surface area contributed by atoms with Crippen LogP contribution < -0.4 is 9.80 Å². The number of quaternary nitrogens is 2. The van der Waals surface area contributed by atoms with Gasteiger partial charge in [-0.2, -0.15) is 0 Å². The lowest BCUT2D eigenvalue weighted by molar-refractivity contribution is -0.898. The number of benzene rings is 2. The summed E-state index contributed by atoms with van der Waals surface area (Å²) < 4.78 is 62.9. The predicted molar refractivity (Wildman–Crippen MR) is 182 cm³/mol. The fourth-order valence-corrected chi connectivity index (χ4v) is 6.76. The summed E-state index contributed by atoms with van der Waals surface area (Å²) in [6, 6.07) is 14.4. The highest BCUT2D eigenvalue weighted by Crippen LogP contribution is 2.22. The Kier molecular flexibility index (Phi) is 14.7. The molecule has 18 heteroatoms. The Bertz CT molecular complexity index is 1890. The van der Waals surface area contributed by atoms with E-state index in [1.54, 1.807) is 9.80 Å². The van der Waals surface area contributed by atoms with Crippen LogP contribution in [0.1, 0.15) is 69.6 Å². The van der Waals surface area contributed by atoms with Crippen molar-refractivity contribution in [1.82, 2.24) is 9.97 Å². The second kappa shape index (κ2) is 18.5. The summed E-state index contributed by atoms with van der Waals surface area (Å²) in [5, 5.41) is 35.0. The van der Waals surface area contributed by atoms with Crippen LogP contribution in [0.4, 0.5) is 0 Å². The van der Waals surface area contributed by atoms with Crippen molar-refractivity contribution in [1.29, 1.82) is 0 Å². The maximum atomic E-state index is 10.5. The molecule has 52 heavy (non-hydrogen) atoms. The lowest BCUT2D eigenvalue weighted by atomic mass is 10.1. The van der Waals surface area contributed by atoms with E-state index >= 15 is 0 Å². The van der Waals surface area contributed by atoms with Crippen molar-refractivity contribution < 1.29 is 65.8 Å². The molecule has 2 aromatic carbocycles. The molecule has 2 unspecified atom stereocenters.